The highest BCUT2D eigenvalue weighted by atomic mass is 16.4. The van der Waals surface area contributed by atoms with Crippen LogP contribution in [0.5, 0.6) is 0 Å². The van der Waals surface area contributed by atoms with E-state index in [1.807, 2.05) is 0 Å². The minimum Gasteiger partial charge on any atom is -0.478 e. The van der Waals surface area contributed by atoms with E-state index >= 15 is 0 Å². The Labute approximate surface area is 103 Å². The van der Waals surface area contributed by atoms with Crippen molar-refractivity contribution in [1.82, 2.24) is 9.55 Å². The van der Waals surface area contributed by atoms with E-state index in [0.717, 1.165) is 6.42 Å². The van der Waals surface area contributed by atoms with Crippen LogP contribution in [0.15, 0.2) is 23.3 Å². The average molecular weight is 246 g/mol. The van der Waals surface area contributed by atoms with Crippen molar-refractivity contribution in [2.75, 3.05) is 0 Å². The Morgan fingerprint density at radius 2 is 2.28 bits per heavy atom. The van der Waals surface area contributed by atoms with Crippen LogP contribution in [0.4, 0.5) is 0 Å². The summed E-state index contributed by atoms with van der Waals surface area (Å²) in [6, 6.07) is 1.63. The highest BCUT2D eigenvalue weighted by Crippen LogP contribution is 2.32. The number of fused-ring (bicyclic) bond motifs is 1. The molecule has 0 unspecified atom stereocenters. The molecule has 5 nitrogen and oxygen atoms in total. The van der Waals surface area contributed by atoms with E-state index in [4.69, 9.17) is 0 Å². The lowest BCUT2D eigenvalue weighted by Crippen LogP contribution is -2.22. The molecule has 1 aliphatic carbocycles. The molecule has 94 valence electrons. The lowest BCUT2D eigenvalue weighted by molar-refractivity contribution is 0.0698. The third kappa shape index (κ3) is 1.81. The zero-order chi connectivity index (χ0) is 12.7. The maximum Gasteiger partial charge on any atom is 0.337 e. The topological polar surface area (TPSA) is 75.1 Å². The largest absolute Gasteiger partial charge is 0.478 e. The van der Waals surface area contributed by atoms with Crippen LogP contribution in [0.3, 0.4) is 0 Å². The van der Waals surface area contributed by atoms with Crippen LogP contribution in [0.25, 0.3) is 10.9 Å². The van der Waals surface area contributed by atoms with E-state index in [-0.39, 0.29) is 11.1 Å². The van der Waals surface area contributed by atoms with Crippen molar-refractivity contribution in [3.63, 3.8) is 0 Å². The average Bonchev–Trinajstić information content (AvgIpc) is 3.03. The maximum atomic E-state index is 12.1. The summed E-state index contributed by atoms with van der Waals surface area (Å²) in [4.78, 5) is 26.2. The van der Waals surface area contributed by atoms with E-state index < -0.39 is 5.97 Å². The van der Waals surface area contributed by atoms with Crippen LogP contribution in [-0.2, 0) is 6.54 Å². The molecular weight excluding hydrogens is 232 g/mol. The fourth-order valence-electron chi connectivity index (χ4n) is 2.26. The Kier molecular flexibility index (Phi) is 2.47. The van der Waals surface area contributed by atoms with E-state index in [0.29, 0.717) is 23.4 Å². The van der Waals surface area contributed by atoms with Crippen molar-refractivity contribution in [2.45, 2.75) is 25.8 Å². The first-order chi connectivity index (χ1) is 8.66. The molecule has 2 aromatic heterocycles. The van der Waals surface area contributed by atoms with Crippen LogP contribution < -0.4 is 5.56 Å². The van der Waals surface area contributed by atoms with Gasteiger partial charge in [-0.05, 0) is 18.4 Å². The third-order valence-electron chi connectivity index (χ3n) is 3.50. The Bertz CT molecular complexity index is 664. The van der Waals surface area contributed by atoms with Crippen LogP contribution in [-0.4, -0.2) is 20.6 Å². The smallest absolute Gasteiger partial charge is 0.337 e. The lowest BCUT2D eigenvalue weighted by atomic mass is 10.2. The van der Waals surface area contributed by atoms with E-state index in [1.54, 1.807) is 12.3 Å². The van der Waals surface area contributed by atoms with Gasteiger partial charge in [0.1, 0.15) is 5.52 Å². The van der Waals surface area contributed by atoms with E-state index in [9.17, 15) is 14.7 Å². The van der Waals surface area contributed by atoms with Crippen molar-refractivity contribution in [3.8, 4) is 0 Å². The van der Waals surface area contributed by atoms with Crippen molar-refractivity contribution in [2.24, 2.45) is 5.92 Å². The third-order valence-corrected chi connectivity index (χ3v) is 3.50. The fourth-order valence-corrected chi connectivity index (χ4v) is 2.26. The van der Waals surface area contributed by atoms with Crippen molar-refractivity contribution in [3.05, 3.63) is 34.4 Å². The lowest BCUT2D eigenvalue weighted by Gasteiger charge is -2.07. The van der Waals surface area contributed by atoms with E-state index in [1.165, 1.54) is 23.6 Å². The molecule has 0 radical (unpaired) electrons. The molecule has 0 bridgehead atoms. The predicted molar refractivity (Wildman–Crippen MR) is 66.9 cm³/mol. The second kappa shape index (κ2) is 4.01. The first-order valence-electron chi connectivity index (χ1n) is 6.10. The Balaban J connectivity index is 2.09. The molecule has 1 aliphatic rings. The predicted octanol–water partition coefficient (Wildman–Crippen LogP) is 1.83. The molecule has 2 aromatic rings. The van der Waals surface area contributed by atoms with Crippen LogP contribution in [0.1, 0.15) is 29.6 Å². The SMILES string of the molecule is O=C(O)c1cn(CCC2CC2)c(=O)c2[nH]ccc12. The number of hydrogen-bond acceptors (Lipinski definition) is 2. The number of pyridine rings is 1. The van der Waals surface area contributed by atoms with Gasteiger partial charge in [-0.1, -0.05) is 12.8 Å². The second-order valence-electron chi connectivity index (χ2n) is 4.84. The number of hydrogen-bond donors (Lipinski definition) is 2. The van der Waals surface area contributed by atoms with Gasteiger partial charge in [0.25, 0.3) is 5.56 Å². The molecule has 18 heavy (non-hydrogen) atoms. The Hall–Kier alpha value is -2.04. The number of nitrogens with one attached hydrogen (secondary N) is 1. The first-order valence-corrected chi connectivity index (χ1v) is 6.10. The molecule has 0 saturated heterocycles. The number of aromatic carboxylic acids is 1. The summed E-state index contributed by atoms with van der Waals surface area (Å²) in [5.74, 6) is -0.288. The Morgan fingerprint density at radius 1 is 1.50 bits per heavy atom. The highest BCUT2D eigenvalue weighted by molar-refractivity contribution is 6.02. The minimum absolute atomic E-state index is 0.138. The molecule has 0 amide bonds. The van der Waals surface area contributed by atoms with Gasteiger partial charge in [0.2, 0.25) is 0 Å². The highest BCUT2D eigenvalue weighted by Gasteiger charge is 2.21. The monoisotopic (exact) mass is 246 g/mol. The minimum atomic E-state index is -1.00. The summed E-state index contributed by atoms with van der Waals surface area (Å²) in [7, 11) is 0. The summed E-state index contributed by atoms with van der Waals surface area (Å²) in [5, 5.41) is 9.66. The molecule has 3 rings (SSSR count). The van der Waals surface area contributed by atoms with Crippen molar-refractivity contribution >= 4 is 16.9 Å². The number of aromatic nitrogens is 2. The summed E-state index contributed by atoms with van der Waals surface area (Å²) >= 11 is 0. The van der Waals surface area contributed by atoms with Gasteiger partial charge < -0.3 is 14.7 Å². The quantitative estimate of drug-likeness (QED) is 0.864. The summed E-state index contributed by atoms with van der Waals surface area (Å²) in [6.45, 7) is 0.596. The van der Waals surface area contributed by atoms with Gasteiger partial charge in [-0.15, -0.1) is 0 Å². The van der Waals surface area contributed by atoms with Gasteiger partial charge in [-0.25, -0.2) is 4.79 Å². The van der Waals surface area contributed by atoms with Crippen molar-refractivity contribution in [1.29, 1.82) is 0 Å². The summed E-state index contributed by atoms with van der Waals surface area (Å²) in [5.41, 5.74) is 0.424. The number of carboxylic acid groups (broad SMARTS) is 1. The number of rotatable bonds is 4. The molecule has 1 saturated carbocycles. The molecular formula is C13H14N2O3. The van der Waals surface area contributed by atoms with Gasteiger partial charge >= 0.3 is 5.97 Å². The van der Waals surface area contributed by atoms with Crippen LogP contribution in [0.2, 0.25) is 0 Å². The second-order valence-corrected chi connectivity index (χ2v) is 4.84. The van der Waals surface area contributed by atoms with Gasteiger partial charge in [-0.2, -0.15) is 0 Å². The van der Waals surface area contributed by atoms with Gasteiger partial charge in [-0.3, -0.25) is 4.79 Å². The number of H-pyrrole nitrogens is 1. The molecule has 5 heteroatoms. The zero-order valence-electron chi connectivity index (χ0n) is 9.85. The van der Waals surface area contributed by atoms with Crippen LogP contribution >= 0.6 is 0 Å². The summed E-state index contributed by atoms with van der Waals surface area (Å²) < 4.78 is 1.51. The maximum absolute atomic E-state index is 12.1. The molecule has 0 atom stereocenters. The summed E-state index contributed by atoms with van der Waals surface area (Å²) in [6.07, 6.45) is 6.47. The van der Waals surface area contributed by atoms with Crippen molar-refractivity contribution < 1.29 is 9.90 Å². The molecule has 2 N–H and O–H groups in total. The van der Waals surface area contributed by atoms with Gasteiger partial charge in [0, 0.05) is 24.3 Å². The van der Waals surface area contributed by atoms with Gasteiger partial charge in [0.15, 0.2) is 0 Å². The normalized spacial score (nSPS) is 15.1. The van der Waals surface area contributed by atoms with E-state index in [2.05, 4.69) is 4.98 Å². The fraction of sp³-hybridized carbons (Fsp3) is 0.385. The standard InChI is InChI=1S/C13H14N2O3/c16-12-11-9(3-5-14-11)10(13(17)18)7-15(12)6-4-8-1-2-8/h3,5,7-8,14H,1-2,4,6H2,(H,17,18). The number of aromatic amines is 1. The van der Waals surface area contributed by atoms with Crippen LogP contribution in [0, 0.1) is 5.92 Å². The molecule has 0 aliphatic heterocycles. The van der Waals surface area contributed by atoms with Gasteiger partial charge in [0.05, 0.1) is 5.56 Å². The number of nitrogens with zero attached hydrogens (tertiary/aromatic N) is 1. The molecule has 2 heterocycles. The number of carbonyl (C=O) groups is 1. The molecule has 0 aromatic carbocycles. The molecule has 0 spiro atoms. The molecule has 1 fully saturated rings. The number of aryl methyl sites for hydroxylation is 1. The Morgan fingerprint density at radius 3 is 2.94 bits per heavy atom. The number of carboxylic acids is 1. The zero-order valence-corrected chi connectivity index (χ0v) is 9.85. The first kappa shape index (κ1) is 11.1.